The summed E-state index contributed by atoms with van der Waals surface area (Å²) >= 11 is 1.59. The quantitative estimate of drug-likeness (QED) is 0.527. The number of benzene rings is 1. The maximum atomic E-state index is 4.71. The van der Waals surface area contributed by atoms with Crippen molar-refractivity contribution in [1.29, 1.82) is 0 Å². The van der Waals surface area contributed by atoms with Gasteiger partial charge in [0, 0.05) is 18.1 Å². The van der Waals surface area contributed by atoms with Gasteiger partial charge in [-0.15, -0.1) is 5.10 Å². The molecule has 0 aliphatic heterocycles. The van der Waals surface area contributed by atoms with Crippen LogP contribution in [0, 0.1) is 20.8 Å². The zero-order valence-electron chi connectivity index (χ0n) is 14.3. The number of hydrogen-bond donors (Lipinski definition) is 0. The average molecular weight is 350 g/mol. The summed E-state index contributed by atoms with van der Waals surface area (Å²) in [7, 11) is 0. The maximum Gasteiger partial charge on any atom is 0.214 e. The molecule has 0 aliphatic rings. The molecule has 3 aromatic heterocycles. The Labute approximate surface area is 149 Å². The van der Waals surface area contributed by atoms with Gasteiger partial charge in [0.15, 0.2) is 0 Å². The Balaban J connectivity index is 1.61. The molecular formula is C18H18N6S. The molecule has 0 aliphatic carbocycles. The van der Waals surface area contributed by atoms with Crippen LogP contribution in [0.5, 0.6) is 0 Å². The molecule has 0 N–H and O–H groups in total. The highest BCUT2D eigenvalue weighted by Gasteiger charge is 2.13. The van der Waals surface area contributed by atoms with Crippen molar-refractivity contribution in [3.63, 3.8) is 0 Å². The molecule has 0 atom stereocenters. The second kappa shape index (κ2) is 6.33. The molecule has 25 heavy (non-hydrogen) atoms. The first-order chi connectivity index (χ1) is 12.1. The number of nitrogens with zero attached hydrogens (tertiary/aromatic N) is 6. The van der Waals surface area contributed by atoms with Crippen molar-refractivity contribution in [3.05, 3.63) is 65.1 Å². The molecule has 4 aromatic rings. The normalized spacial score (nSPS) is 11.3. The summed E-state index contributed by atoms with van der Waals surface area (Å²) in [5, 5.41) is 13.0. The molecule has 0 bridgehead atoms. The van der Waals surface area contributed by atoms with E-state index in [2.05, 4.69) is 59.0 Å². The zero-order chi connectivity index (χ0) is 17.4. The van der Waals surface area contributed by atoms with Crippen molar-refractivity contribution in [1.82, 2.24) is 29.6 Å². The van der Waals surface area contributed by atoms with Crippen LogP contribution in [0.15, 0.2) is 47.9 Å². The predicted octanol–water partition coefficient (Wildman–Crippen LogP) is 3.53. The van der Waals surface area contributed by atoms with Gasteiger partial charge in [-0.05, 0) is 60.0 Å². The minimum atomic E-state index is 0.715. The van der Waals surface area contributed by atoms with Crippen molar-refractivity contribution in [2.45, 2.75) is 31.7 Å². The van der Waals surface area contributed by atoms with E-state index in [-0.39, 0.29) is 0 Å². The third-order valence-electron chi connectivity index (χ3n) is 4.32. The van der Waals surface area contributed by atoms with Crippen molar-refractivity contribution >= 4 is 17.4 Å². The van der Waals surface area contributed by atoms with Gasteiger partial charge in [0.25, 0.3) is 0 Å². The van der Waals surface area contributed by atoms with Crippen LogP contribution < -0.4 is 0 Å². The number of aryl methyl sites for hydroxylation is 2. The first-order valence-electron chi connectivity index (χ1n) is 8.04. The van der Waals surface area contributed by atoms with E-state index in [1.807, 2.05) is 24.4 Å². The van der Waals surface area contributed by atoms with Gasteiger partial charge >= 0.3 is 0 Å². The largest absolute Gasteiger partial charge is 0.307 e. The first kappa shape index (κ1) is 15.8. The minimum Gasteiger partial charge on any atom is -0.307 e. The van der Waals surface area contributed by atoms with E-state index < -0.39 is 0 Å². The highest BCUT2D eigenvalue weighted by molar-refractivity contribution is 7.98. The van der Waals surface area contributed by atoms with Crippen LogP contribution in [0.2, 0.25) is 0 Å². The number of pyridine rings is 1. The number of thioether (sulfide) groups is 1. The molecule has 6 nitrogen and oxygen atoms in total. The molecule has 0 spiro atoms. The second-order valence-electron chi connectivity index (χ2n) is 6.04. The smallest absolute Gasteiger partial charge is 0.214 e. The van der Waals surface area contributed by atoms with Gasteiger partial charge in [-0.3, -0.25) is 0 Å². The molecule has 0 unspecified atom stereocenters. The minimum absolute atomic E-state index is 0.715. The van der Waals surface area contributed by atoms with Crippen LogP contribution in [-0.2, 0) is 5.75 Å². The van der Waals surface area contributed by atoms with Gasteiger partial charge in [0.1, 0.15) is 5.65 Å². The molecule has 4 rings (SSSR count). The number of rotatable bonds is 4. The lowest BCUT2D eigenvalue weighted by molar-refractivity contribution is 0.751. The van der Waals surface area contributed by atoms with Crippen molar-refractivity contribution in [2.24, 2.45) is 0 Å². The number of hydrogen-bond acceptors (Lipinski definition) is 5. The van der Waals surface area contributed by atoms with Gasteiger partial charge in [-0.2, -0.15) is 4.68 Å². The van der Waals surface area contributed by atoms with E-state index in [9.17, 15) is 0 Å². The molecule has 0 saturated carbocycles. The summed E-state index contributed by atoms with van der Waals surface area (Å²) in [6.45, 7) is 6.25. The molecule has 3 heterocycles. The summed E-state index contributed by atoms with van der Waals surface area (Å²) < 4.78 is 3.85. The molecule has 1 aromatic carbocycles. The van der Waals surface area contributed by atoms with Crippen molar-refractivity contribution in [2.75, 3.05) is 0 Å². The van der Waals surface area contributed by atoms with E-state index >= 15 is 0 Å². The molecule has 0 radical (unpaired) electrons. The average Bonchev–Trinajstić information content (AvgIpc) is 3.22. The maximum absolute atomic E-state index is 4.71. The fourth-order valence-corrected chi connectivity index (χ4v) is 3.57. The van der Waals surface area contributed by atoms with Crippen molar-refractivity contribution < 1.29 is 0 Å². The number of fused-ring (bicyclic) bond motifs is 1. The standard InChI is InChI=1S/C18H18N6S/c1-12-6-4-8-16(14(12)3)24-18(20-21-22-24)25-11-15-10-23-9-5-7-13(2)17(23)19-15/h4-10H,11H2,1-3H3. The molecule has 7 heteroatoms. The summed E-state index contributed by atoms with van der Waals surface area (Å²) in [5.41, 5.74) is 6.58. The van der Waals surface area contributed by atoms with Crippen LogP contribution in [0.3, 0.4) is 0 Å². The van der Waals surface area contributed by atoms with Crippen LogP contribution in [0.4, 0.5) is 0 Å². The highest BCUT2D eigenvalue weighted by Crippen LogP contribution is 2.25. The van der Waals surface area contributed by atoms with Gasteiger partial charge in [0.2, 0.25) is 5.16 Å². The molecule has 0 fully saturated rings. The zero-order valence-corrected chi connectivity index (χ0v) is 15.2. The first-order valence-corrected chi connectivity index (χ1v) is 9.03. The van der Waals surface area contributed by atoms with E-state index in [0.717, 1.165) is 22.2 Å². The van der Waals surface area contributed by atoms with Crippen LogP contribution in [0.25, 0.3) is 11.3 Å². The summed E-state index contributed by atoms with van der Waals surface area (Å²) in [5.74, 6) is 0.715. The summed E-state index contributed by atoms with van der Waals surface area (Å²) in [6.07, 6.45) is 4.07. The third-order valence-corrected chi connectivity index (χ3v) is 5.27. The Morgan fingerprint density at radius 2 is 1.88 bits per heavy atom. The Bertz CT molecular complexity index is 1050. The topological polar surface area (TPSA) is 60.9 Å². The molecule has 0 amide bonds. The Morgan fingerprint density at radius 3 is 2.72 bits per heavy atom. The van der Waals surface area contributed by atoms with E-state index in [0.29, 0.717) is 5.75 Å². The van der Waals surface area contributed by atoms with Crippen molar-refractivity contribution in [3.8, 4) is 5.69 Å². The molecular weight excluding hydrogens is 332 g/mol. The van der Waals surface area contributed by atoms with E-state index in [1.54, 1.807) is 16.4 Å². The van der Waals surface area contributed by atoms with Gasteiger partial charge in [0.05, 0.1) is 11.4 Å². The monoisotopic (exact) mass is 350 g/mol. The van der Waals surface area contributed by atoms with Gasteiger partial charge < -0.3 is 4.40 Å². The molecule has 126 valence electrons. The van der Waals surface area contributed by atoms with Crippen LogP contribution in [0.1, 0.15) is 22.4 Å². The van der Waals surface area contributed by atoms with E-state index in [4.69, 9.17) is 4.98 Å². The third kappa shape index (κ3) is 2.91. The summed E-state index contributed by atoms with van der Waals surface area (Å²) in [6, 6.07) is 10.3. The lowest BCUT2D eigenvalue weighted by atomic mass is 10.1. The SMILES string of the molecule is Cc1cccc(-n2nnnc2SCc2cn3cccc(C)c3n2)c1C. The van der Waals surface area contributed by atoms with Gasteiger partial charge in [-0.25, -0.2) is 4.98 Å². The predicted molar refractivity (Wildman–Crippen MR) is 98.1 cm³/mol. The van der Waals surface area contributed by atoms with E-state index in [1.165, 1.54) is 16.7 Å². The lowest BCUT2D eigenvalue weighted by Gasteiger charge is -2.09. The van der Waals surface area contributed by atoms with Crippen LogP contribution in [-0.4, -0.2) is 29.6 Å². The number of tetrazole rings is 1. The fourth-order valence-electron chi connectivity index (χ4n) is 2.80. The lowest BCUT2D eigenvalue weighted by Crippen LogP contribution is -2.02. The highest BCUT2D eigenvalue weighted by atomic mass is 32.2. The van der Waals surface area contributed by atoms with Crippen LogP contribution >= 0.6 is 11.8 Å². The summed E-state index contributed by atoms with van der Waals surface area (Å²) in [4.78, 5) is 4.71. The Kier molecular flexibility index (Phi) is 4.01. The number of aromatic nitrogens is 6. The molecule has 0 saturated heterocycles. The van der Waals surface area contributed by atoms with Gasteiger partial charge in [-0.1, -0.05) is 30.0 Å². The second-order valence-corrected chi connectivity index (χ2v) is 6.98. The Hall–Kier alpha value is -2.67. The Morgan fingerprint density at radius 1 is 1.04 bits per heavy atom. The fraction of sp³-hybridized carbons (Fsp3) is 0.222. The number of imidazole rings is 1.